The van der Waals surface area contributed by atoms with Crippen molar-refractivity contribution in [3.63, 3.8) is 0 Å². The van der Waals surface area contributed by atoms with Crippen molar-refractivity contribution in [2.75, 3.05) is 11.9 Å². The Balaban J connectivity index is 1.78. The summed E-state index contributed by atoms with van der Waals surface area (Å²) in [4.78, 5) is 35.7. The van der Waals surface area contributed by atoms with Crippen LogP contribution in [0.2, 0.25) is 0 Å². The minimum absolute atomic E-state index is 0.0255. The number of aryl methyl sites for hydroxylation is 1. The maximum absolute atomic E-state index is 12.2. The van der Waals surface area contributed by atoms with Crippen LogP contribution in [0, 0.1) is 23.2 Å². The van der Waals surface area contributed by atoms with Gasteiger partial charge in [0.05, 0.1) is 6.07 Å². The van der Waals surface area contributed by atoms with E-state index in [1.807, 2.05) is 19.1 Å². The van der Waals surface area contributed by atoms with E-state index in [2.05, 4.69) is 10.6 Å². The number of nitriles is 1. The van der Waals surface area contributed by atoms with Gasteiger partial charge in [-0.05, 0) is 43.4 Å². The maximum atomic E-state index is 12.2. The van der Waals surface area contributed by atoms with Crippen LogP contribution in [0.1, 0.15) is 38.2 Å². The molecule has 132 valence electrons. The Morgan fingerprint density at radius 1 is 1.24 bits per heavy atom. The molecule has 0 bridgehead atoms. The smallest absolute Gasteiger partial charge is 0.249 e. The molecule has 1 aromatic rings. The summed E-state index contributed by atoms with van der Waals surface area (Å²) in [6.45, 7) is 2.42. The van der Waals surface area contributed by atoms with Crippen molar-refractivity contribution in [1.82, 2.24) is 5.32 Å². The predicted octanol–water partition coefficient (Wildman–Crippen LogP) is 2.20. The molecule has 0 radical (unpaired) electrons. The number of hydrogen-bond donors (Lipinski definition) is 2. The summed E-state index contributed by atoms with van der Waals surface area (Å²) in [7, 11) is 0. The van der Waals surface area contributed by atoms with Gasteiger partial charge < -0.3 is 10.6 Å². The Morgan fingerprint density at radius 2 is 1.92 bits per heavy atom. The van der Waals surface area contributed by atoms with E-state index in [4.69, 9.17) is 5.26 Å². The molecule has 1 fully saturated rings. The first kappa shape index (κ1) is 18.7. The molecule has 0 saturated heterocycles. The van der Waals surface area contributed by atoms with Crippen LogP contribution < -0.4 is 10.6 Å². The average Bonchev–Trinajstić information content (AvgIpc) is 3.45. The van der Waals surface area contributed by atoms with E-state index >= 15 is 0 Å². The van der Waals surface area contributed by atoms with Crippen molar-refractivity contribution in [2.45, 2.75) is 39.0 Å². The Kier molecular flexibility index (Phi) is 6.70. The van der Waals surface area contributed by atoms with E-state index < -0.39 is 17.6 Å². The Labute approximate surface area is 147 Å². The monoisotopic (exact) mass is 341 g/mol. The number of nitrogens with one attached hydrogen (secondary N) is 2. The number of ketones is 1. The summed E-state index contributed by atoms with van der Waals surface area (Å²) in [5, 5.41) is 14.5. The van der Waals surface area contributed by atoms with Crippen LogP contribution in [0.4, 0.5) is 5.69 Å². The highest BCUT2D eigenvalue weighted by Gasteiger charge is 2.29. The molecule has 0 spiro atoms. The number of benzene rings is 1. The molecule has 1 unspecified atom stereocenters. The van der Waals surface area contributed by atoms with Crippen LogP contribution in [0.5, 0.6) is 0 Å². The van der Waals surface area contributed by atoms with E-state index in [1.165, 1.54) is 0 Å². The predicted molar refractivity (Wildman–Crippen MR) is 93.5 cm³/mol. The molecule has 0 aromatic heterocycles. The Bertz CT molecular complexity index is 672. The number of nitrogens with zero attached hydrogens (tertiary/aromatic N) is 1. The van der Waals surface area contributed by atoms with Crippen molar-refractivity contribution in [2.24, 2.45) is 11.8 Å². The lowest BCUT2D eigenvalue weighted by Gasteiger charge is -2.10. The summed E-state index contributed by atoms with van der Waals surface area (Å²) in [6, 6.07) is 9.06. The molecular formula is C19H23N3O3. The molecule has 1 aliphatic rings. The van der Waals surface area contributed by atoms with Gasteiger partial charge in [0.15, 0.2) is 11.7 Å². The third kappa shape index (κ3) is 5.71. The molecule has 1 saturated carbocycles. The normalized spacial score (nSPS) is 14.2. The summed E-state index contributed by atoms with van der Waals surface area (Å²) in [5.41, 5.74) is 1.70. The highest BCUT2D eigenvalue weighted by atomic mass is 16.2. The van der Waals surface area contributed by atoms with Gasteiger partial charge >= 0.3 is 0 Å². The van der Waals surface area contributed by atoms with E-state index in [0.717, 1.165) is 24.8 Å². The lowest BCUT2D eigenvalue weighted by atomic mass is 10.0. The van der Waals surface area contributed by atoms with E-state index in [0.29, 0.717) is 18.7 Å². The number of anilines is 1. The number of rotatable bonds is 9. The zero-order valence-electron chi connectivity index (χ0n) is 14.4. The van der Waals surface area contributed by atoms with Crippen molar-refractivity contribution < 1.29 is 14.4 Å². The Hall–Kier alpha value is -2.68. The number of amides is 2. The topological polar surface area (TPSA) is 99.1 Å². The molecule has 1 aromatic carbocycles. The first-order valence-corrected chi connectivity index (χ1v) is 8.65. The van der Waals surface area contributed by atoms with Crippen LogP contribution >= 0.6 is 0 Å². The third-order valence-electron chi connectivity index (χ3n) is 4.19. The fraction of sp³-hybridized carbons (Fsp3) is 0.474. The summed E-state index contributed by atoms with van der Waals surface area (Å²) < 4.78 is 0. The van der Waals surface area contributed by atoms with E-state index in [9.17, 15) is 14.4 Å². The minimum atomic E-state index is -1.33. The second-order valence-corrected chi connectivity index (χ2v) is 6.24. The quantitative estimate of drug-likeness (QED) is 0.531. The number of hydrogen-bond acceptors (Lipinski definition) is 4. The van der Waals surface area contributed by atoms with Gasteiger partial charge in [0, 0.05) is 24.6 Å². The highest BCUT2D eigenvalue weighted by molar-refractivity contribution is 6.09. The molecule has 2 amide bonds. The number of carbonyl (C=O) groups is 3. The zero-order valence-corrected chi connectivity index (χ0v) is 14.4. The summed E-state index contributed by atoms with van der Waals surface area (Å²) in [5.74, 6) is -2.21. The number of carbonyl (C=O) groups excluding carboxylic acids is 3. The van der Waals surface area contributed by atoms with Gasteiger partial charge in [-0.2, -0.15) is 5.26 Å². The van der Waals surface area contributed by atoms with Gasteiger partial charge in [0.1, 0.15) is 0 Å². The van der Waals surface area contributed by atoms with Crippen molar-refractivity contribution in [3.8, 4) is 6.07 Å². The van der Waals surface area contributed by atoms with Crippen molar-refractivity contribution in [1.29, 1.82) is 5.26 Å². The minimum Gasteiger partial charge on any atom is -0.356 e. The van der Waals surface area contributed by atoms with Crippen LogP contribution in [0.3, 0.4) is 0 Å². The lowest BCUT2D eigenvalue weighted by Crippen LogP contribution is -2.30. The molecular weight excluding hydrogens is 318 g/mol. The molecule has 25 heavy (non-hydrogen) atoms. The second kappa shape index (κ2) is 8.97. The standard InChI is InChI=1S/C19H23N3O3/c1-2-13-5-9-15(10-6-13)22-19(25)16(12-20)17(23)4-3-11-21-18(24)14-7-8-14/h5-6,9-10,14,16H,2-4,7-8,11H2,1H3,(H,21,24)(H,22,25). The fourth-order valence-electron chi connectivity index (χ4n) is 2.42. The van der Waals surface area contributed by atoms with Gasteiger partial charge in [-0.1, -0.05) is 19.1 Å². The molecule has 0 heterocycles. The van der Waals surface area contributed by atoms with Gasteiger partial charge in [-0.15, -0.1) is 0 Å². The second-order valence-electron chi connectivity index (χ2n) is 6.24. The molecule has 6 nitrogen and oxygen atoms in total. The van der Waals surface area contributed by atoms with E-state index in [-0.39, 0.29) is 18.2 Å². The number of Topliss-reactive ketones (excluding diaryl/α,β-unsaturated/α-hetero) is 1. The Morgan fingerprint density at radius 3 is 2.48 bits per heavy atom. The lowest BCUT2D eigenvalue weighted by molar-refractivity contribution is -0.129. The van der Waals surface area contributed by atoms with Gasteiger partial charge in [-0.25, -0.2) is 0 Å². The van der Waals surface area contributed by atoms with Crippen LogP contribution in [0.25, 0.3) is 0 Å². The van der Waals surface area contributed by atoms with Gasteiger partial charge in [0.25, 0.3) is 0 Å². The molecule has 0 aliphatic heterocycles. The summed E-state index contributed by atoms with van der Waals surface area (Å²) in [6.07, 6.45) is 3.27. The van der Waals surface area contributed by atoms with Crippen LogP contribution in [0.15, 0.2) is 24.3 Å². The largest absolute Gasteiger partial charge is 0.356 e. The first-order valence-electron chi connectivity index (χ1n) is 8.65. The van der Waals surface area contributed by atoms with Crippen LogP contribution in [-0.4, -0.2) is 24.1 Å². The fourth-order valence-corrected chi connectivity index (χ4v) is 2.42. The average molecular weight is 341 g/mol. The van der Waals surface area contributed by atoms with Crippen LogP contribution in [-0.2, 0) is 20.8 Å². The first-order chi connectivity index (χ1) is 12.0. The van der Waals surface area contributed by atoms with Crippen molar-refractivity contribution >= 4 is 23.3 Å². The molecule has 2 rings (SSSR count). The van der Waals surface area contributed by atoms with Gasteiger partial charge in [0.2, 0.25) is 11.8 Å². The maximum Gasteiger partial charge on any atom is 0.249 e. The molecule has 1 aliphatic carbocycles. The van der Waals surface area contributed by atoms with Gasteiger partial charge in [-0.3, -0.25) is 14.4 Å². The zero-order chi connectivity index (χ0) is 18.2. The van der Waals surface area contributed by atoms with Crippen molar-refractivity contribution in [3.05, 3.63) is 29.8 Å². The molecule has 6 heteroatoms. The van der Waals surface area contributed by atoms with E-state index in [1.54, 1.807) is 18.2 Å². The molecule has 2 N–H and O–H groups in total. The highest BCUT2D eigenvalue weighted by Crippen LogP contribution is 2.28. The third-order valence-corrected chi connectivity index (χ3v) is 4.19. The SMILES string of the molecule is CCc1ccc(NC(=O)C(C#N)C(=O)CCCNC(=O)C2CC2)cc1. The summed E-state index contributed by atoms with van der Waals surface area (Å²) >= 11 is 0. The molecule has 1 atom stereocenters.